The van der Waals surface area contributed by atoms with Crippen LogP contribution in [0.4, 0.5) is 5.00 Å². The number of nitrogens with two attached hydrogens (primary N) is 1. The third-order valence-corrected chi connectivity index (χ3v) is 4.90. The maximum Gasteiger partial charge on any atom is 0.348 e. The molecule has 0 bridgehead atoms. The van der Waals surface area contributed by atoms with Gasteiger partial charge in [-0.05, 0) is 12.1 Å². The van der Waals surface area contributed by atoms with Gasteiger partial charge in [0.25, 0.3) is 0 Å². The van der Waals surface area contributed by atoms with Gasteiger partial charge >= 0.3 is 11.9 Å². The number of nitrogens with zero attached hydrogens (tertiary/aromatic N) is 4. The molecular formula is C17H17N5O4S. The second-order valence-electron chi connectivity index (χ2n) is 5.64. The largest absolute Gasteiger partial charge is 0.465 e. The minimum absolute atomic E-state index is 0.0153. The minimum atomic E-state index is -0.646. The molecule has 9 nitrogen and oxygen atoms in total. The first kappa shape index (κ1) is 18.5. The van der Waals surface area contributed by atoms with Gasteiger partial charge in [0.15, 0.2) is 0 Å². The number of ether oxygens (including phenoxy) is 2. The lowest BCUT2D eigenvalue weighted by molar-refractivity contribution is 0.0601. The lowest BCUT2D eigenvalue weighted by Crippen LogP contribution is -2.13. The number of rotatable bonds is 5. The van der Waals surface area contributed by atoms with Crippen molar-refractivity contribution in [2.24, 2.45) is 0 Å². The Kier molecular flexibility index (Phi) is 5.17. The Balaban J connectivity index is 1.98. The maximum atomic E-state index is 12.1. The smallest absolute Gasteiger partial charge is 0.348 e. The van der Waals surface area contributed by atoms with Crippen LogP contribution in [0, 0.1) is 6.92 Å². The number of hydrogen-bond acceptors (Lipinski definition) is 9. The van der Waals surface area contributed by atoms with Gasteiger partial charge in [0, 0.05) is 11.1 Å². The van der Waals surface area contributed by atoms with E-state index in [0.717, 1.165) is 22.5 Å². The molecule has 0 amide bonds. The molecular weight excluding hydrogens is 370 g/mol. The SMILES string of the molecule is COC(=O)c1sc(N)c(C(=O)OC)c1Cn1nnc(-c2ccc(C)cc2)n1. The average Bonchev–Trinajstić information content (AvgIpc) is 3.26. The summed E-state index contributed by atoms with van der Waals surface area (Å²) >= 11 is 0.955. The molecule has 0 unspecified atom stereocenters. The summed E-state index contributed by atoms with van der Waals surface area (Å²) < 4.78 is 9.56. The lowest BCUT2D eigenvalue weighted by Gasteiger charge is -2.05. The van der Waals surface area contributed by atoms with Gasteiger partial charge in [0.1, 0.15) is 9.88 Å². The molecule has 10 heteroatoms. The van der Waals surface area contributed by atoms with E-state index in [9.17, 15) is 9.59 Å². The van der Waals surface area contributed by atoms with Crippen LogP contribution in [0.3, 0.4) is 0 Å². The maximum absolute atomic E-state index is 12.1. The Bertz CT molecular complexity index is 993. The van der Waals surface area contributed by atoms with E-state index in [1.165, 1.54) is 19.0 Å². The summed E-state index contributed by atoms with van der Waals surface area (Å²) in [6, 6.07) is 7.67. The molecule has 0 spiro atoms. The molecule has 0 aliphatic heterocycles. The van der Waals surface area contributed by atoms with E-state index in [0.29, 0.717) is 11.4 Å². The van der Waals surface area contributed by atoms with Gasteiger partial charge in [-0.3, -0.25) is 0 Å². The summed E-state index contributed by atoms with van der Waals surface area (Å²) in [4.78, 5) is 25.7. The minimum Gasteiger partial charge on any atom is -0.465 e. The first-order chi connectivity index (χ1) is 12.9. The number of nitrogen functional groups attached to an aromatic ring is 1. The molecule has 0 fully saturated rings. The van der Waals surface area contributed by atoms with Crippen molar-refractivity contribution in [1.29, 1.82) is 0 Å². The molecule has 2 heterocycles. The summed E-state index contributed by atoms with van der Waals surface area (Å²) in [5.74, 6) is -0.819. The van der Waals surface area contributed by atoms with E-state index in [1.807, 2.05) is 31.2 Å². The van der Waals surface area contributed by atoms with Crippen LogP contribution in [0.25, 0.3) is 11.4 Å². The van der Waals surface area contributed by atoms with Crippen molar-refractivity contribution in [3.8, 4) is 11.4 Å². The van der Waals surface area contributed by atoms with Crippen LogP contribution >= 0.6 is 11.3 Å². The van der Waals surface area contributed by atoms with Gasteiger partial charge < -0.3 is 15.2 Å². The van der Waals surface area contributed by atoms with Crippen LogP contribution in [0.2, 0.25) is 0 Å². The van der Waals surface area contributed by atoms with Gasteiger partial charge in [0.2, 0.25) is 5.82 Å². The fourth-order valence-corrected chi connectivity index (χ4v) is 3.47. The fourth-order valence-electron chi connectivity index (χ4n) is 2.49. The second-order valence-corrected chi connectivity index (χ2v) is 6.69. The Morgan fingerprint density at radius 1 is 1.15 bits per heavy atom. The first-order valence-electron chi connectivity index (χ1n) is 7.87. The third-order valence-electron chi connectivity index (χ3n) is 3.86. The number of anilines is 1. The molecule has 140 valence electrons. The van der Waals surface area contributed by atoms with E-state index in [2.05, 4.69) is 15.4 Å². The summed E-state index contributed by atoms with van der Waals surface area (Å²) in [5.41, 5.74) is 8.28. The molecule has 1 aromatic carbocycles. The second kappa shape index (κ2) is 7.54. The highest BCUT2D eigenvalue weighted by Crippen LogP contribution is 2.33. The van der Waals surface area contributed by atoms with Crippen molar-refractivity contribution in [1.82, 2.24) is 20.2 Å². The van der Waals surface area contributed by atoms with Crippen LogP contribution in [0.5, 0.6) is 0 Å². The van der Waals surface area contributed by atoms with E-state index >= 15 is 0 Å². The number of hydrogen-bond donors (Lipinski definition) is 1. The highest BCUT2D eigenvalue weighted by atomic mass is 32.1. The number of esters is 2. The molecule has 27 heavy (non-hydrogen) atoms. The molecule has 0 aliphatic rings. The van der Waals surface area contributed by atoms with Crippen LogP contribution in [-0.2, 0) is 16.0 Å². The zero-order chi connectivity index (χ0) is 19.6. The fraction of sp³-hybridized carbons (Fsp3) is 0.235. The number of tetrazole rings is 1. The summed E-state index contributed by atoms with van der Waals surface area (Å²) in [6.45, 7) is 2.00. The molecule has 0 radical (unpaired) electrons. The summed E-state index contributed by atoms with van der Waals surface area (Å²) in [5, 5.41) is 12.5. The quantitative estimate of drug-likeness (QED) is 0.659. The Morgan fingerprint density at radius 2 is 1.81 bits per heavy atom. The molecule has 3 rings (SSSR count). The first-order valence-corrected chi connectivity index (χ1v) is 8.68. The van der Waals surface area contributed by atoms with Crippen molar-refractivity contribution < 1.29 is 19.1 Å². The van der Waals surface area contributed by atoms with Crippen LogP contribution in [-0.4, -0.2) is 46.4 Å². The number of carbonyl (C=O) groups excluding carboxylic acids is 2. The molecule has 2 aromatic heterocycles. The molecule has 3 aromatic rings. The highest BCUT2D eigenvalue weighted by Gasteiger charge is 2.28. The molecule has 0 aliphatic carbocycles. The van der Waals surface area contributed by atoms with Crippen molar-refractivity contribution in [3.05, 3.63) is 45.8 Å². The van der Waals surface area contributed by atoms with Crippen molar-refractivity contribution in [2.75, 3.05) is 20.0 Å². The van der Waals surface area contributed by atoms with Crippen molar-refractivity contribution >= 4 is 28.3 Å². The monoisotopic (exact) mass is 387 g/mol. The van der Waals surface area contributed by atoms with Gasteiger partial charge in [-0.1, -0.05) is 29.8 Å². The number of benzene rings is 1. The average molecular weight is 387 g/mol. The summed E-state index contributed by atoms with van der Waals surface area (Å²) in [6.07, 6.45) is 0. The van der Waals surface area contributed by atoms with Gasteiger partial charge in [-0.15, -0.1) is 21.5 Å². The van der Waals surface area contributed by atoms with Gasteiger partial charge in [-0.25, -0.2) is 9.59 Å². The number of thiophene rings is 1. The molecule has 0 saturated carbocycles. The number of methoxy groups -OCH3 is 2. The summed E-state index contributed by atoms with van der Waals surface area (Å²) in [7, 11) is 2.49. The Hall–Kier alpha value is -3.27. The topological polar surface area (TPSA) is 122 Å². The Labute approximate surface area is 158 Å². The van der Waals surface area contributed by atoms with E-state index in [-0.39, 0.29) is 22.0 Å². The zero-order valence-electron chi connectivity index (χ0n) is 14.9. The highest BCUT2D eigenvalue weighted by molar-refractivity contribution is 7.18. The van der Waals surface area contributed by atoms with Gasteiger partial charge in [0.05, 0.1) is 26.3 Å². The number of aromatic nitrogens is 4. The molecule has 0 saturated heterocycles. The third kappa shape index (κ3) is 3.65. The van der Waals surface area contributed by atoms with Crippen LogP contribution < -0.4 is 5.73 Å². The standard InChI is InChI=1S/C17H17N5O4S/c1-9-4-6-10(7-5-9)15-19-21-22(20-15)8-11-12(16(23)25-2)14(18)27-13(11)17(24)26-3/h4-7H,8,18H2,1-3H3. The van der Waals surface area contributed by atoms with Crippen LogP contribution in [0.1, 0.15) is 31.2 Å². The predicted molar refractivity (Wildman–Crippen MR) is 98.5 cm³/mol. The van der Waals surface area contributed by atoms with E-state index < -0.39 is 11.9 Å². The molecule has 2 N–H and O–H groups in total. The van der Waals surface area contributed by atoms with Crippen molar-refractivity contribution in [3.63, 3.8) is 0 Å². The predicted octanol–water partition coefficient (Wildman–Crippen LogP) is 1.91. The zero-order valence-corrected chi connectivity index (χ0v) is 15.7. The van der Waals surface area contributed by atoms with Crippen LogP contribution in [0.15, 0.2) is 24.3 Å². The normalized spacial score (nSPS) is 10.6. The lowest BCUT2D eigenvalue weighted by atomic mass is 10.1. The molecule has 0 atom stereocenters. The Morgan fingerprint density at radius 3 is 2.44 bits per heavy atom. The van der Waals surface area contributed by atoms with E-state index in [4.69, 9.17) is 15.2 Å². The number of aryl methyl sites for hydroxylation is 1. The van der Waals surface area contributed by atoms with Gasteiger partial charge in [-0.2, -0.15) is 4.80 Å². The van der Waals surface area contributed by atoms with E-state index in [1.54, 1.807) is 0 Å². The number of carbonyl (C=O) groups is 2. The van der Waals surface area contributed by atoms with Crippen molar-refractivity contribution in [2.45, 2.75) is 13.5 Å².